The smallest absolute Gasteiger partial charge is 0.159 e. The van der Waals surface area contributed by atoms with Crippen LogP contribution in [0.5, 0.6) is 11.5 Å². The zero-order valence-electron chi connectivity index (χ0n) is 12.8. The number of pyridine rings is 1. The van der Waals surface area contributed by atoms with E-state index in [4.69, 9.17) is 9.47 Å². The largest absolute Gasteiger partial charge is 0.496 e. The van der Waals surface area contributed by atoms with E-state index in [1.165, 1.54) is 6.92 Å². The maximum absolute atomic E-state index is 11.4. The van der Waals surface area contributed by atoms with Gasteiger partial charge in [0.25, 0.3) is 0 Å². The molecule has 0 amide bonds. The normalized spacial score (nSPS) is 10.3. The lowest BCUT2D eigenvalue weighted by molar-refractivity contribution is 0.101. The summed E-state index contributed by atoms with van der Waals surface area (Å²) in [6.07, 6.45) is 1.77. The number of carbonyl (C=O) groups is 1. The number of rotatable bonds is 5. The van der Waals surface area contributed by atoms with Gasteiger partial charge in [-0.3, -0.25) is 9.78 Å². The van der Waals surface area contributed by atoms with E-state index in [9.17, 15) is 4.79 Å². The average Bonchev–Trinajstić information content (AvgIpc) is 2.47. The summed E-state index contributed by atoms with van der Waals surface area (Å²) in [5.74, 6) is 1.51. The third kappa shape index (κ3) is 3.40. The molecule has 0 saturated carbocycles. The number of nitrogens with zero attached hydrogens (tertiary/aromatic N) is 1. The van der Waals surface area contributed by atoms with Gasteiger partial charge in [0.2, 0.25) is 0 Å². The molecule has 0 radical (unpaired) electrons. The van der Waals surface area contributed by atoms with E-state index in [1.807, 2.05) is 26.0 Å². The zero-order chi connectivity index (χ0) is 15.4. The van der Waals surface area contributed by atoms with E-state index in [1.54, 1.807) is 25.4 Å². The van der Waals surface area contributed by atoms with Gasteiger partial charge in [0.15, 0.2) is 5.78 Å². The molecule has 21 heavy (non-hydrogen) atoms. The minimum absolute atomic E-state index is 0.0201. The Morgan fingerprint density at radius 3 is 2.71 bits per heavy atom. The Kier molecular flexibility index (Phi) is 4.58. The number of hydrogen-bond acceptors (Lipinski definition) is 4. The first-order valence-electron chi connectivity index (χ1n) is 6.75. The lowest BCUT2D eigenvalue weighted by Crippen LogP contribution is -2.04. The minimum atomic E-state index is 0.0201. The van der Waals surface area contributed by atoms with Crippen molar-refractivity contribution in [2.24, 2.45) is 0 Å². The Morgan fingerprint density at radius 1 is 1.29 bits per heavy atom. The fourth-order valence-corrected chi connectivity index (χ4v) is 2.17. The van der Waals surface area contributed by atoms with Crippen molar-refractivity contribution in [1.82, 2.24) is 4.98 Å². The van der Waals surface area contributed by atoms with Gasteiger partial charge in [0.1, 0.15) is 18.1 Å². The number of methoxy groups -OCH3 is 1. The quantitative estimate of drug-likeness (QED) is 0.789. The molecule has 0 N–H and O–H groups in total. The molecule has 0 aliphatic rings. The second-order valence-electron chi connectivity index (χ2n) is 4.92. The second-order valence-corrected chi connectivity index (χ2v) is 4.92. The fraction of sp³-hybridized carbons (Fsp3) is 0.294. The van der Waals surface area contributed by atoms with Gasteiger partial charge in [-0.25, -0.2) is 0 Å². The van der Waals surface area contributed by atoms with E-state index in [0.717, 1.165) is 22.6 Å². The van der Waals surface area contributed by atoms with Crippen LogP contribution < -0.4 is 9.47 Å². The first kappa shape index (κ1) is 15.0. The van der Waals surface area contributed by atoms with Crippen molar-refractivity contribution >= 4 is 5.78 Å². The van der Waals surface area contributed by atoms with Gasteiger partial charge in [-0.1, -0.05) is 12.1 Å². The van der Waals surface area contributed by atoms with Crippen LogP contribution in [-0.4, -0.2) is 17.9 Å². The summed E-state index contributed by atoms with van der Waals surface area (Å²) in [6.45, 7) is 5.79. The first-order valence-corrected chi connectivity index (χ1v) is 6.75. The molecule has 110 valence electrons. The fourth-order valence-electron chi connectivity index (χ4n) is 2.17. The summed E-state index contributed by atoms with van der Waals surface area (Å²) in [6, 6.07) is 7.14. The van der Waals surface area contributed by atoms with Crippen molar-refractivity contribution in [3.8, 4) is 11.5 Å². The number of hydrogen-bond donors (Lipinski definition) is 0. The van der Waals surface area contributed by atoms with Crippen LogP contribution in [0.25, 0.3) is 0 Å². The van der Waals surface area contributed by atoms with Crippen molar-refractivity contribution in [2.75, 3.05) is 7.11 Å². The van der Waals surface area contributed by atoms with Gasteiger partial charge in [0, 0.05) is 22.9 Å². The average molecular weight is 285 g/mol. The van der Waals surface area contributed by atoms with Crippen LogP contribution in [0.4, 0.5) is 0 Å². The molecule has 4 heteroatoms. The first-order chi connectivity index (χ1) is 10.0. The molecular formula is C17H19NO3. The van der Waals surface area contributed by atoms with Crippen molar-refractivity contribution in [3.05, 3.63) is 52.8 Å². The third-order valence-corrected chi connectivity index (χ3v) is 3.37. The maximum Gasteiger partial charge on any atom is 0.159 e. The van der Waals surface area contributed by atoms with E-state index in [-0.39, 0.29) is 5.78 Å². The summed E-state index contributed by atoms with van der Waals surface area (Å²) in [5.41, 5.74) is 3.43. The minimum Gasteiger partial charge on any atom is -0.496 e. The molecule has 2 aromatic rings. The number of carbonyl (C=O) groups excluding carboxylic acids is 1. The van der Waals surface area contributed by atoms with Crippen molar-refractivity contribution < 1.29 is 14.3 Å². The van der Waals surface area contributed by atoms with Crippen molar-refractivity contribution in [1.29, 1.82) is 0 Å². The molecular weight excluding hydrogens is 266 g/mol. The molecule has 1 heterocycles. The Morgan fingerprint density at radius 2 is 2.05 bits per heavy atom. The molecule has 0 aliphatic heterocycles. The van der Waals surface area contributed by atoms with Gasteiger partial charge in [0.05, 0.1) is 12.8 Å². The number of aryl methyl sites for hydroxylation is 1. The van der Waals surface area contributed by atoms with Crippen molar-refractivity contribution in [2.45, 2.75) is 27.4 Å². The highest BCUT2D eigenvalue weighted by Crippen LogP contribution is 2.25. The Balaban J connectivity index is 2.17. The highest BCUT2D eigenvalue weighted by molar-refractivity contribution is 5.94. The van der Waals surface area contributed by atoms with Crippen LogP contribution >= 0.6 is 0 Å². The Bertz CT molecular complexity index is 665. The number of ether oxygens (including phenoxy) is 2. The lowest BCUT2D eigenvalue weighted by Gasteiger charge is -2.13. The molecule has 4 nitrogen and oxygen atoms in total. The van der Waals surface area contributed by atoms with E-state index >= 15 is 0 Å². The van der Waals surface area contributed by atoms with E-state index in [0.29, 0.717) is 17.9 Å². The third-order valence-electron chi connectivity index (χ3n) is 3.37. The van der Waals surface area contributed by atoms with Gasteiger partial charge in [-0.2, -0.15) is 0 Å². The maximum atomic E-state index is 11.4. The number of Topliss-reactive ketones (excluding diaryl/α,β-unsaturated/α-hetero) is 1. The summed E-state index contributed by atoms with van der Waals surface area (Å²) < 4.78 is 11.1. The Labute approximate surface area is 124 Å². The topological polar surface area (TPSA) is 48.4 Å². The molecule has 1 aromatic carbocycles. The van der Waals surface area contributed by atoms with Crippen LogP contribution in [-0.2, 0) is 6.61 Å². The summed E-state index contributed by atoms with van der Waals surface area (Å²) >= 11 is 0. The standard InChI is InChI=1S/C17H19NO3/c1-11-9-18-16(12(2)17(11)20-4)10-21-15-7-5-6-14(8-15)13(3)19/h5-9H,10H2,1-4H3. The molecule has 2 rings (SSSR count). The second kappa shape index (κ2) is 6.39. The van der Waals surface area contributed by atoms with Crippen LogP contribution in [0.2, 0.25) is 0 Å². The summed E-state index contributed by atoms with van der Waals surface area (Å²) in [5, 5.41) is 0. The zero-order valence-corrected chi connectivity index (χ0v) is 12.8. The van der Waals surface area contributed by atoms with Crippen LogP contribution in [0.3, 0.4) is 0 Å². The summed E-state index contributed by atoms with van der Waals surface area (Å²) in [7, 11) is 1.65. The number of aromatic nitrogens is 1. The molecule has 0 fully saturated rings. The van der Waals surface area contributed by atoms with Gasteiger partial charge in [-0.15, -0.1) is 0 Å². The van der Waals surface area contributed by atoms with Crippen LogP contribution in [0, 0.1) is 13.8 Å². The van der Waals surface area contributed by atoms with Gasteiger partial charge < -0.3 is 9.47 Å². The van der Waals surface area contributed by atoms with Crippen molar-refractivity contribution in [3.63, 3.8) is 0 Å². The molecule has 0 saturated heterocycles. The highest BCUT2D eigenvalue weighted by Gasteiger charge is 2.10. The molecule has 0 bridgehead atoms. The molecule has 0 spiro atoms. The SMILES string of the molecule is COc1c(C)cnc(COc2cccc(C(C)=O)c2)c1C. The van der Waals surface area contributed by atoms with Crippen LogP contribution in [0.1, 0.15) is 34.1 Å². The molecule has 0 unspecified atom stereocenters. The molecule has 0 atom stereocenters. The monoisotopic (exact) mass is 285 g/mol. The van der Waals surface area contributed by atoms with Gasteiger partial charge >= 0.3 is 0 Å². The Hall–Kier alpha value is -2.36. The van der Waals surface area contributed by atoms with E-state index in [2.05, 4.69) is 4.98 Å². The predicted octanol–water partition coefficient (Wildman–Crippen LogP) is 3.49. The molecule has 1 aromatic heterocycles. The van der Waals surface area contributed by atoms with Crippen LogP contribution in [0.15, 0.2) is 30.5 Å². The van der Waals surface area contributed by atoms with E-state index < -0.39 is 0 Å². The lowest BCUT2D eigenvalue weighted by atomic mass is 10.1. The van der Waals surface area contributed by atoms with Gasteiger partial charge in [-0.05, 0) is 32.9 Å². The molecule has 0 aliphatic carbocycles. The predicted molar refractivity (Wildman–Crippen MR) is 81.0 cm³/mol. The summed E-state index contributed by atoms with van der Waals surface area (Å²) in [4.78, 5) is 15.7. The number of ketones is 1. The highest BCUT2D eigenvalue weighted by atomic mass is 16.5. The number of benzene rings is 1.